The summed E-state index contributed by atoms with van der Waals surface area (Å²) < 4.78 is 0. The molecule has 0 saturated heterocycles. The van der Waals surface area contributed by atoms with Crippen LogP contribution in [-0.4, -0.2) is 42.1 Å². The highest BCUT2D eigenvalue weighted by molar-refractivity contribution is 7.09. The summed E-state index contributed by atoms with van der Waals surface area (Å²) in [6.07, 6.45) is 2.00. The van der Waals surface area contributed by atoms with Crippen molar-refractivity contribution in [3.05, 3.63) is 16.1 Å². The van der Waals surface area contributed by atoms with Crippen molar-refractivity contribution in [3.8, 4) is 0 Å². The van der Waals surface area contributed by atoms with Gasteiger partial charge in [-0.15, -0.1) is 11.3 Å². The number of nitrogens with zero attached hydrogens (tertiary/aromatic N) is 2. The average Bonchev–Trinajstić information content (AvgIpc) is 2.87. The second-order valence-electron chi connectivity index (χ2n) is 5.70. The minimum atomic E-state index is -0.136. The monoisotopic (exact) mass is 312 g/mol. The molecule has 0 unspecified atom stereocenters. The van der Waals surface area contributed by atoms with E-state index < -0.39 is 0 Å². The number of hydrogen-bond donors (Lipinski definition) is 2. The van der Waals surface area contributed by atoms with E-state index in [1.54, 1.807) is 11.3 Å². The van der Waals surface area contributed by atoms with Crippen molar-refractivity contribution in [2.45, 2.75) is 52.1 Å². The molecule has 0 saturated carbocycles. The number of carbonyl (C=O) groups is 1. The number of aromatic nitrogens is 1. The molecule has 1 aromatic rings. The lowest BCUT2D eigenvalue weighted by Crippen LogP contribution is -2.53. The van der Waals surface area contributed by atoms with Crippen LogP contribution in [0.3, 0.4) is 0 Å². The second-order valence-corrected chi connectivity index (χ2v) is 6.59. The largest absolute Gasteiger partial charge is 0.336 e. The van der Waals surface area contributed by atoms with Crippen molar-refractivity contribution in [2.75, 3.05) is 20.6 Å². The van der Waals surface area contributed by atoms with Crippen molar-refractivity contribution < 1.29 is 4.79 Å². The van der Waals surface area contributed by atoms with Gasteiger partial charge in [-0.25, -0.2) is 9.78 Å². The first kappa shape index (κ1) is 17.9. The fourth-order valence-corrected chi connectivity index (χ4v) is 3.22. The highest BCUT2D eigenvalue weighted by atomic mass is 32.1. The maximum absolute atomic E-state index is 12.1. The van der Waals surface area contributed by atoms with Crippen LogP contribution < -0.4 is 10.6 Å². The Morgan fingerprint density at radius 2 is 2.05 bits per heavy atom. The van der Waals surface area contributed by atoms with E-state index in [9.17, 15) is 4.79 Å². The number of amides is 2. The molecule has 6 heteroatoms. The SMILES string of the molecule is CCC(CC)(CNC(=O)N[C@H](C)c1nc(C)cs1)N(C)C. The van der Waals surface area contributed by atoms with Crippen LogP contribution in [0.5, 0.6) is 0 Å². The predicted molar refractivity (Wildman–Crippen MR) is 88.8 cm³/mol. The molecule has 0 aliphatic carbocycles. The van der Waals surface area contributed by atoms with Gasteiger partial charge in [-0.2, -0.15) is 0 Å². The summed E-state index contributed by atoms with van der Waals surface area (Å²) in [4.78, 5) is 18.7. The lowest BCUT2D eigenvalue weighted by atomic mass is 9.91. The quantitative estimate of drug-likeness (QED) is 0.814. The number of carbonyl (C=O) groups excluding carboxylic acids is 1. The molecule has 0 bridgehead atoms. The maximum Gasteiger partial charge on any atom is 0.315 e. The van der Waals surface area contributed by atoms with Crippen LogP contribution in [0.2, 0.25) is 0 Å². The third-order valence-corrected chi connectivity index (χ3v) is 5.34. The number of rotatable bonds is 7. The van der Waals surface area contributed by atoms with Crippen LogP contribution in [0.15, 0.2) is 5.38 Å². The predicted octanol–water partition coefficient (Wildman–Crippen LogP) is 2.93. The Labute approximate surface area is 132 Å². The maximum atomic E-state index is 12.1. The van der Waals surface area contributed by atoms with Crippen molar-refractivity contribution >= 4 is 17.4 Å². The molecule has 120 valence electrons. The van der Waals surface area contributed by atoms with E-state index in [-0.39, 0.29) is 17.6 Å². The van der Waals surface area contributed by atoms with Crippen LogP contribution >= 0.6 is 11.3 Å². The summed E-state index contributed by atoms with van der Waals surface area (Å²) in [5.41, 5.74) is 1.01. The van der Waals surface area contributed by atoms with E-state index in [2.05, 4.69) is 48.5 Å². The normalized spacial score (nSPS) is 13.3. The summed E-state index contributed by atoms with van der Waals surface area (Å²) in [7, 11) is 4.13. The van der Waals surface area contributed by atoms with Gasteiger partial charge in [-0.3, -0.25) is 0 Å². The van der Waals surface area contributed by atoms with Crippen molar-refractivity contribution in [3.63, 3.8) is 0 Å². The van der Waals surface area contributed by atoms with Gasteiger partial charge in [0, 0.05) is 23.2 Å². The van der Waals surface area contributed by atoms with Gasteiger partial charge < -0.3 is 15.5 Å². The highest BCUT2D eigenvalue weighted by Gasteiger charge is 2.29. The van der Waals surface area contributed by atoms with Crippen molar-refractivity contribution in [1.29, 1.82) is 0 Å². The van der Waals surface area contributed by atoms with Gasteiger partial charge in [-0.05, 0) is 40.8 Å². The van der Waals surface area contributed by atoms with Gasteiger partial charge in [-0.1, -0.05) is 13.8 Å². The average molecular weight is 312 g/mol. The van der Waals surface area contributed by atoms with Crippen LogP contribution in [0, 0.1) is 6.92 Å². The fourth-order valence-electron chi connectivity index (χ4n) is 2.42. The molecule has 0 spiro atoms. The molecule has 2 amide bonds. The van der Waals surface area contributed by atoms with Crippen LogP contribution in [0.25, 0.3) is 0 Å². The first-order valence-electron chi connectivity index (χ1n) is 7.48. The lowest BCUT2D eigenvalue weighted by molar-refractivity contribution is 0.137. The highest BCUT2D eigenvalue weighted by Crippen LogP contribution is 2.20. The van der Waals surface area contributed by atoms with E-state index in [4.69, 9.17) is 0 Å². The van der Waals surface area contributed by atoms with Gasteiger partial charge in [0.1, 0.15) is 5.01 Å². The number of nitrogens with one attached hydrogen (secondary N) is 2. The molecule has 21 heavy (non-hydrogen) atoms. The van der Waals surface area contributed by atoms with Crippen molar-refractivity contribution in [1.82, 2.24) is 20.5 Å². The zero-order valence-corrected chi connectivity index (χ0v) is 14.8. The molecule has 1 atom stereocenters. The van der Waals surface area contributed by atoms with Gasteiger partial charge in [0.15, 0.2) is 0 Å². The summed E-state index contributed by atoms with van der Waals surface area (Å²) in [5, 5.41) is 8.88. The Balaban J connectivity index is 2.53. The Bertz CT molecular complexity index is 454. The summed E-state index contributed by atoms with van der Waals surface area (Å²) >= 11 is 1.58. The number of urea groups is 1. The first-order chi connectivity index (χ1) is 9.84. The van der Waals surface area contributed by atoms with Gasteiger partial charge >= 0.3 is 6.03 Å². The van der Waals surface area contributed by atoms with E-state index in [0.717, 1.165) is 23.5 Å². The summed E-state index contributed by atoms with van der Waals surface area (Å²) in [6, 6.07) is -0.204. The fraction of sp³-hybridized carbons (Fsp3) is 0.733. The first-order valence-corrected chi connectivity index (χ1v) is 8.36. The molecule has 0 aromatic carbocycles. The van der Waals surface area contributed by atoms with E-state index >= 15 is 0 Å². The minimum Gasteiger partial charge on any atom is -0.336 e. The molecule has 0 aliphatic heterocycles. The molecular weight excluding hydrogens is 284 g/mol. The van der Waals surface area contributed by atoms with Crippen LogP contribution in [0.1, 0.15) is 50.4 Å². The molecule has 0 radical (unpaired) electrons. The summed E-state index contributed by atoms with van der Waals surface area (Å²) in [6.45, 7) is 8.87. The van der Waals surface area contributed by atoms with Crippen LogP contribution in [0.4, 0.5) is 4.79 Å². The third kappa shape index (κ3) is 4.68. The molecule has 0 aliphatic rings. The minimum absolute atomic E-state index is 0.0123. The van der Waals surface area contributed by atoms with Gasteiger partial charge in [0.25, 0.3) is 0 Å². The summed E-state index contributed by atoms with van der Waals surface area (Å²) in [5.74, 6) is 0. The molecular formula is C15H28N4OS. The van der Waals surface area contributed by atoms with Crippen molar-refractivity contribution in [2.24, 2.45) is 0 Å². The topological polar surface area (TPSA) is 57.3 Å². The zero-order chi connectivity index (χ0) is 16.0. The van der Waals surface area contributed by atoms with E-state index in [1.807, 2.05) is 19.2 Å². The Kier molecular flexibility index (Phi) is 6.61. The van der Waals surface area contributed by atoms with Gasteiger partial charge in [0.2, 0.25) is 0 Å². The molecule has 0 fully saturated rings. The standard InChI is InChI=1S/C15H28N4OS/c1-7-15(8-2,19(5)6)10-16-14(20)18-12(4)13-17-11(3)9-21-13/h9,12H,7-8,10H2,1-6H3,(H2,16,18,20)/t12-/m1/s1. The lowest BCUT2D eigenvalue weighted by Gasteiger charge is -2.38. The molecule has 1 aromatic heterocycles. The Morgan fingerprint density at radius 1 is 1.43 bits per heavy atom. The number of thiazole rings is 1. The Morgan fingerprint density at radius 3 is 2.48 bits per heavy atom. The number of aryl methyl sites for hydroxylation is 1. The molecule has 1 heterocycles. The third-order valence-electron chi connectivity index (χ3n) is 4.20. The zero-order valence-electron chi connectivity index (χ0n) is 14.0. The molecule has 1 rings (SSSR count). The van der Waals surface area contributed by atoms with E-state index in [1.165, 1.54) is 0 Å². The number of hydrogen-bond acceptors (Lipinski definition) is 4. The second kappa shape index (κ2) is 7.75. The number of likely N-dealkylation sites (N-methyl/N-ethyl adjacent to an activating group) is 1. The van der Waals surface area contributed by atoms with Crippen LogP contribution in [-0.2, 0) is 0 Å². The molecule has 5 nitrogen and oxygen atoms in total. The van der Waals surface area contributed by atoms with E-state index in [0.29, 0.717) is 6.54 Å². The smallest absolute Gasteiger partial charge is 0.315 e. The molecule has 2 N–H and O–H groups in total. The Hall–Kier alpha value is -1.14. The van der Waals surface area contributed by atoms with Gasteiger partial charge in [0.05, 0.1) is 6.04 Å².